The summed E-state index contributed by atoms with van der Waals surface area (Å²) in [4.78, 5) is 24.3. The number of nitriles is 1. The maximum Gasteiger partial charge on any atom is 0.252 e. The molecule has 1 aliphatic heterocycles. The van der Waals surface area contributed by atoms with Gasteiger partial charge in [0.15, 0.2) is 0 Å². The first kappa shape index (κ1) is 26.0. The van der Waals surface area contributed by atoms with Gasteiger partial charge in [0.1, 0.15) is 11.6 Å². The van der Waals surface area contributed by atoms with Gasteiger partial charge in [-0.2, -0.15) is 5.26 Å². The number of aryl methyl sites for hydroxylation is 1. The molecule has 2 heterocycles. The second-order valence-electron chi connectivity index (χ2n) is 7.42. The van der Waals surface area contributed by atoms with Crippen molar-refractivity contribution < 1.29 is 12.4 Å². The molecule has 0 radical (unpaired) electrons. The highest BCUT2D eigenvalue weighted by atomic mass is 32.2. The van der Waals surface area contributed by atoms with Crippen LogP contribution in [-0.4, -0.2) is 48.7 Å². The number of carbonyl (C=O) groups is 1. The van der Waals surface area contributed by atoms with Gasteiger partial charge in [-0.15, -0.1) is 0 Å². The van der Waals surface area contributed by atoms with Crippen molar-refractivity contribution >= 4 is 35.0 Å². The summed E-state index contributed by atoms with van der Waals surface area (Å²) in [7, 11) is 0. The molecule has 0 saturated carbocycles. The Morgan fingerprint density at radius 2 is 1.83 bits per heavy atom. The maximum atomic E-state index is 12.0. The molecule has 1 fully saturated rings. The molecule has 2 N–H and O–H groups in total. The van der Waals surface area contributed by atoms with Gasteiger partial charge in [0.2, 0.25) is 5.95 Å². The van der Waals surface area contributed by atoms with Gasteiger partial charge in [0.05, 0.1) is 19.3 Å². The lowest BCUT2D eigenvalue weighted by Crippen LogP contribution is -2.36. The van der Waals surface area contributed by atoms with E-state index < -0.39 is 0 Å². The third-order valence-electron chi connectivity index (χ3n) is 5.08. The number of amides is 1. The normalized spacial score (nSPS) is 12.7. The number of hydrogen-bond donors (Lipinski definition) is 2. The van der Waals surface area contributed by atoms with Crippen LogP contribution >= 0.6 is 11.8 Å². The topological polar surface area (TPSA) is 103 Å². The zero-order chi connectivity index (χ0) is 25.0. The molecule has 0 atom stereocenters. The highest BCUT2D eigenvalue weighted by Crippen LogP contribution is 2.30. The summed E-state index contributed by atoms with van der Waals surface area (Å²) in [5, 5.41) is 15.2. The second-order valence-corrected chi connectivity index (χ2v) is 8.48. The zero-order valence-electron chi connectivity index (χ0n) is 20.2. The number of benzene rings is 2. The number of carbonyl (C=O) groups excluding carboxylic acids is 1. The van der Waals surface area contributed by atoms with Crippen LogP contribution < -0.4 is 15.5 Å². The summed E-state index contributed by atoms with van der Waals surface area (Å²) in [6.07, 6.45) is 1.80. The Hall–Kier alpha value is -3.61. The van der Waals surface area contributed by atoms with Crippen LogP contribution in [0.4, 0.5) is 17.3 Å². The fourth-order valence-electron chi connectivity index (χ4n) is 3.30. The van der Waals surface area contributed by atoms with Crippen molar-refractivity contribution in [2.45, 2.75) is 30.7 Å². The molecular formula is C26H34N6O2S. The molecule has 2 aromatic carbocycles. The number of aromatic nitrogens is 2. The molecule has 0 unspecified atom stereocenters. The van der Waals surface area contributed by atoms with Crippen LogP contribution in [-0.2, 0) is 4.74 Å². The molecule has 1 amide bonds. The number of nitrogens with zero attached hydrogens (tertiary/aromatic N) is 4. The number of ether oxygens (including phenoxy) is 1. The zero-order valence-corrected chi connectivity index (χ0v) is 21.1. The minimum Gasteiger partial charge on any atom is -0.378 e. The van der Waals surface area contributed by atoms with Crippen molar-refractivity contribution in [3.63, 3.8) is 0 Å². The molecule has 0 bridgehead atoms. The Bertz CT molecular complexity index is 1150. The monoisotopic (exact) mass is 494 g/mol. The molecule has 186 valence electrons. The van der Waals surface area contributed by atoms with Crippen LogP contribution in [0.2, 0.25) is 0 Å². The van der Waals surface area contributed by atoms with E-state index >= 15 is 0 Å². The summed E-state index contributed by atoms with van der Waals surface area (Å²) in [5.74, 6) is 0.257. The first-order valence-corrected chi connectivity index (χ1v) is 12.4. The minimum absolute atomic E-state index is 0. The minimum atomic E-state index is -0.266. The first-order valence-electron chi connectivity index (χ1n) is 11.6. The molecule has 3 aromatic rings. The van der Waals surface area contributed by atoms with E-state index in [4.69, 9.17) is 10.00 Å². The Morgan fingerprint density at radius 1 is 1.14 bits per heavy atom. The van der Waals surface area contributed by atoms with Crippen molar-refractivity contribution in [3.8, 4) is 6.07 Å². The molecule has 1 saturated heterocycles. The van der Waals surface area contributed by atoms with E-state index in [1.54, 1.807) is 18.3 Å². The molecule has 8 nitrogen and oxygen atoms in total. The Labute approximate surface area is 213 Å². The molecule has 35 heavy (non-hydrogen) atoms. The SMILES string of the molecule is CC.Cc1cnc(Nc2ccc(N3CCOCC3)cc2)nc1Sc1ccc(C(=O)NCC#N)cc1.[HH].[HH]. The van der Waals surface area contributed by atoms with Crippen LogP contribution in [0, 0.1) is 18.3 Å². The van der Waals surface area contributed by atoms with Crippen LogP contribution in [0.1, 0.15) is 32.6 Å². The van der Waals surface area contributed by atoms with Crippen LogP contribution in [0.3, 0.4) is 0 Å². The quantitative estimate of drug-likeness (QED) is 0.337. The number of nitrogens with one attached hydrogen (secondary N) is 2. The smallest absolute Gasteiger partial charge is 0.252 e. The number of anilines is 3. The van der Waals surface area contributed by atoms with Crippen LogP contribution in [0.5, 0.6) is 0 Å². The van der Waals surface area contributed by atoms with Gasteiger partial charge < -0.3 is 20.3 Å². The fourth-order valence-corrected chi connectivity index (χ4v) is 4.15. The Kier molecular flexibility index (Phi) is 9.90. The Balaban J connectivity index is 0.00000167. The van der Waals surface area contributed by atoms with Gasteiger partial charge in [0.25, 0.3) is 5.91 Å². The van der Waals surface area contributed by atoms with Crippen molar-refractivity contribution in [1.29, 1.82) is 5.26 Å². The van der Waals surface area contributed by atoms with Crippen molar-refractivity contribution in [1.82, 2.24) is 15.3 Å². The highest BCUT2D eigenvalue weighted by molar-refractivity contribution is 7.99. The van der Waals surface area contributed by atoms with E-state index in [1.807, 2.05) is 51.1 Å². The number of morpholine rings is 1. The van der Waals surface area contributed by atoms with E-state index in [9.17, 15) is 4.79 Å². The van der Waals surface area contributed by atoms with Gasteiger partial charge in [0, 0.05) is 49.5 Å². The highest BCUT2D eigenvalue weighted by Gasteiger charge is 2.12. The lowest BCUT2D eigenvalue weighted by atomic mass is 10.2. The maximum absolute atomic E-state index is 12.0. The van der Waals surface area contributed by atoms with Crippen molar-refractivity contribution in [2.24, 2.45) is 0 Å². The summed E-state index contributed by atoms with van der Waals surface area (Å²) < 4.78 is 5.42. The standard InChI is InChI=1S/C24H24N6O2S.C2H6.2H2/c1-17-16-27-24(28-19-4-6-20(7-5-19)30-12-14-32-15-13-30)29-23(17)33-21-8-2-18(3-9-21)22(31)26-11-10-25;1-2;;/h2-9,16H,11-15H2,1H3,(H,26,31)(H,27,28,29);1-2H3;2*1H. The number of hydrogen-bond acceptors (Lipinski definition) is 8. The predicted octanol–water partition coefficient (Wildman–Crippen LogP) is 5.29. The summed E-state index contributed by atoms with van der Waals surface area (Å²) in [6.45, 7) is 9.28. The summed E-state index contributed by atoms with van der Waals surface area (Å²) in [6, 6.07) is 17.3. The molecule has 0 spiro atoms. The van der Waals surface area contributed by atoms with E-state index in [1.165, 1.54) is 17.4 Å². The van der Waals surface area contributed by atoms with E-state index in [0.717, 1.165) is 47.5 Å². The van der Waals surface area contributed by atoms with Crippen LogP contribution in [0.25, 0.3) is 0 Å². The largest absolute Gasteiger partial charge is 0.378 e. The lowest BCUT2D eigenvalue weighted by Gasteiger charge is -2.28. The van der Waals surface area contributed by atoms with Gasteiger partial charge >= 0.3 is 0 Å². The third-order valence-corrected chi connectivity index (χ3v) is 6.20. The van der Waals surface area contributed by atoms with Gasteiger partial charge in [-0.3, -0.25) is 4.79 Å². The summed E-state index contributed by atoms with van der Waals surface area (Å²) in [5.41, 5.74) is 3.56. The van der Waals surface area contributed by atoms with E-state index in [2.05, 4.69) is 37.6 Å². The lowest BCUT2D eigenvalue weighted by molar-refractivity contribution is 0.0958. The molecular weight excluding hydrogens is 460 g/mol. The predicted molar refractivity (Wildman–Crippen MR) is 144 cm³/mol. The summed E-state index contributed by atoms with van der Waals surface area (Å²) >= 11 is 1.50. The van der Waals surface area contributed by atoms with E-state index in [-0.39, 0.29) is 15.3 Å². The van der Waals surface area contributed by atoms with E-state index in [0.29, 0.717) is 11.5 Å². The number of rotatable bonds is 7. The molecule has 1 aromatic heterocycles. The average molecular weight is 495 g/mol. The fraction of sp³-hybridized carbons (Fsp3) is 0.308. The van der Waals surface area contributed by atoms with Crippen LogP contribution in [0.15, 0.2) is 64.6 Å². The van der Waals surface area contributed by atoms with Gasteiger partial charge in [-0.05, 0) is 55.5 Å². The molecule has 0 aliphatic carbocycles. The second kappa shape index (κ2) is 13.3. The third kappa shape index (κ3) is 7.44. The van der Waals surface area contributed by atoms with Gasteiger partial charge in [-0.25, -0.2) is 9.97 Å². The van der Waals surface area contributed by atoms with Crippen molar-refractivity contribution in [3.05, 3.63) is 65.9 Å². The first-order chi connectivity index (χ1) is 17.1. The van der Waals surface area contributed by atoms with Gasteiger partial charge in [-0.1, -0.05) is 25.6 Å². The molecule has 4 rings (SSSR count). The molecule has 1 aliphatic rings. The Morgan fingerprint density at radius 3 is 2.49 bits per heavy atom. The molecule has 9 heteroatoms. The van der Waals surface area contributed by atoms with Crippen molar-refractivity contribution in [2.75, 3.05) is 43.1 Å². The average Bonchev–Trinajstić information content (AvgIpc) is 2.92.